The Bertz CT molecular complexity index is 362. The first-order valence-corrected chi connectivity index (χ1v) is 5.46. The molecule has 16 heavy (non-hydrogen) atoms. The lowest BCUT2D eigenvalue weighted by Gasteiger charge is -2.10. The molecule has 1 aliphatic rings. The van der Waals surface area contributed by atoms with Crippen LogP contribution in [0.25, 0.3) is 0 Å². The third-order valence-electron chi connectivity index (χ3n) is 2.78. The Balaban J connectivity index is 1.82. The minimum absolute atomic E-state index is 0.0781. The number of amides is 1. The van der Waals surface area contributed by atoms with Crippen molar-refractivity contribution in [3.05, 3.63) is 35.4 Å². The first-order chi connectivity index (χ1) is 7.78. The molecule has 0 bridgehead atoms. The standard InChI is InChI=1S/C12H16N2O2/c15-8-10-3-1-9(2-4-10)6-13-11-5-12(16)14-7-11/h1-4,11,13,15H,5-8H2,(H,14,16). The predicted molar refractivity (Wildman–Crippen MR) is 60.6 cm³/mol. The fourth-order valence-corrected chi connectivity index (χ4v) is 1.77. The Hall–Kier alpha value is -1.39. The molecule has 0 aliphatic carbocycles. The van der Waals surface area contributed by atoms with E-state index in [1.54, 1.807) is 0 Å². The van der Waals surface area contributed by atoms with Gasteiger partial charge in [-0.2, -0.15) is 0 Å². The molecule has 0 aromatic heterocycles. The average Bonchev–Trinajstić information content (AvgIpc) is 2.73. The number of carbonyl (C=O) groups is 1. The molecule has 1 unspecified atom stereocenters. The Labute approximate surface area is 94.7 Å². The number of benzene rings is 1. The number of carbonyl (C=O) groups excluding carboxylic acids is 1. The summed E-state index contributed by atoms with van der Waals surface area (Å²) in [7, 11) is 0. The lowest BCUT2D eigenvalue weighted by molar-refractivity contribution is -0.119. The van der Waals surface area contributed by atoms with Gasteiger partial charge in [-0.3, -0.25) is 4.79 Å². The molecule has 2 rings (SSSR count). The Kier molecular flexibility index (Phi) is 3.54. The summed E-state index contributed by atoms with van der Waals surface area (Å²) in [6, 6.07) is 8.04. The van der Waals surface area contributed by atoms with E-state index < -0.39 is 0 Å². The molecule has 1 aromatic carbocycles. The van der Waals surface area contributed by atoms with Crippen molar-refractivity contribution in [3.8, 4) is 0 Å². The van der Waals surface area contributed by atoms with Crippen molar-refractivity contribution in [2.75, 3.05) is 6.54 Å². The van der Waals surface area contributed by atoms with Gasteiger partial charge in [-0.15, -0.1) is 0 Å². The average molecular weight is 220 g/mol. The number of aliphatic hydroxyl groups excluding tert-OH is 1. The summed E-state index contributed by atoms with van der Waals surface area (Å²) >= 11 is 0. The van der Waals surface area contributed by atoms with Crippen molar-refractivity contribution in [2.45, 2.75) is 25.6 Å². The van der Waals surface area contributed by atoms with Gasteiger partial charge in [-0.25, -0.2) is 0 Å². The van der Waals surface area contributed by atoms with Gasteiger partial charge in [0.05, 0.1) is 6.61 Å². The molecule has 1 aromatic rings. The molecule has 1 atom stereocenters. The molecule has 4 nitrogen and oxygen atoms in total. The summed E-state index contributed by atoms with van der Waals surface area (Å²) < 4.78 is 0. The van der Waals surface area contributed by atoms with Crippen molar-refractivity contribution < 1.29 is 9.90 Å². The molecule has 1 amide bonds. The van der Waals surface area contributed by atoms with E-state index >= 15 is 0 Å². The van der Waals surface area contributed by atoms with Gasteiger partial charge in [0.1, 0.15) is 0 Å². The van der Waals surface area contributed by atoms with Gasteiger partial charge < -0.3 is 15.7 Å². The van der Waals surface area contributed by atoms with E-state index in [1.165, 1.54) is 0 Å². The third-order valence-corrected chi connectivity index (χ3v) is 2.78. The molecular formula is C12H16N2O2. The van der Waals surface area contributed by atoms with Gasteiger partial charge in [-0.1, -0.05) is 24.3 Å². The number of hydrogen-bond donors (Lipinski definition) is 3. The van der Waals surface area contributed by atoms with Crippen LogP contribution in [-0.2, 0) is 17.9 Å². The lowest BCUT2D eigenvalue weighted by Crippen LogP contribution is -2.30. The van der Waals surface area contributed by atoms with Crippen molar-refractivity contribution in [2.24, 2.45) is 0 Å². The first kappa shape index (κ1) is 11.1. The maximum absolute atomic E-state index is 11.0. The zero-order valence-corrected chi connectivity index (χ0v) is 9.07. The maximum Gasteiger partial charge on any atom is 0.221 e. The van der Waals surface area contributed by atoms with Crippen molar-refractivity contribution in [1.29, 1.82) is 0 Å². The van der Waals surface area contributed by atoms with Gasteiger partial charge >= 0.3 is 0 Å². The Morgan fingerprint density at radius 2 is 2.00 bits per heavy atom. The second kappa shape index (κ2) is 5.09. The highest BCUT2D eigenvalue weighted by molar-refractivity contribution is 5.78. The highest BCUT2D eigenvalue weighted by Gasteiger charge is 2.20. The van der Waals surface area contributed by atoms with Gasteiger partial charge in [0.2, 0.25) is 5.91 Å². The second-order valence-corrected chi connectivity index (χ2v) is 4.06. The highest BCUT2D eigenvalue weighted by Crippen LogP contribution is 2.06. The largest absolute Gasteiger partial charge is 0.392 e. The topological polar surface area (TPSA) is 61.4 Å². The van der Waals surface area contributed by atoms with E-state index in [9.17, 15) is 4.79 Å². The molecule has 4 heteroatoms. The number of nitrogens with one attached hydrogen (secondary N) is 2. The van der Waals surface area contributed by atoms with Gasteiger partial charge in [0.25, 0.3) is 0 Å². The summed E-state index contributed by atoms with van der Waals surface area (Å²) in [6.45, 7) is 1.55. The maximum atomic E-state index is 11.0. The predicted octanol–water partition coefficient (Wildman–Crippen LogP) is 0.157. The van der Waals surface area contributed by atoms with Crippen LogP contribution >= 0.6 is 0 Å². The van der Waals surface area contributed by atoms with Gasteiger partial charge in [-0.05, 0) is 11.1 Å². The molecule has 0 spiro atoms. The molecule has 3 N–H and O–H groups in total. The summed E-state index contributed by atoms with van der Waals surface area (Å²) in [5.74, 6) is 0.119. The smallest absolute Gasteiger partial charge is 0.221 e. The van der Waals surface area contributed by atoms with Gasteiger partial charge in [0, 0.05) is 25.6 Å². The van der Waals surface area contributed by atoms with E-state index in [0.717, 1.165) is 17.7 Å². The van der Waals surface area contributed by atoms with Crippen molar-refractivity contribution in [3.63, 3.8) is 0 Å². The van der Waals surface area contributed by atoms with Crippen LogP contribution in [0.15, 0.2) is 24.3 Å². The van der Waals surface area contributed by atoms with Crippen molar-refractivity contribution >= 4 is 5.91 Å². The van der Waals surface area contributed by atoms with Crippen LogP contribution in [0.5, 0.6) is 0 Å². The monoisotopic (exact) mass is 220 g/mol. The summed E-state index contributed by atoms with van der Waals surface area (Å²) in [5, 5.41) is 15.0. The highest BCUT2D eigenvalue weighted by atomic mass is 16.3. The lowest BCUT2D eigenvalue weighted by atomic mass is 10.1. The van der Waals surface area contributed by atoms with Crippen LogP contribution in [0.3, 0.4) is 0 Å². The minimum Gasteiger partial charge on any atom is -0.392 e. The molecule has 0 radical (unpaired) electrons. The quantitative estimate of drug-likeness (QED) is 0.677. The normalized spacial score (nSPS) is 19.8. The molecule has 1 saturated heterocycles. The first-order valence-electron chi connectivity index (χ1n) is 5.46. The van der Waals surface area contributed by atoms with Crippen LogP contribution in [0.1, 0.15) is 17.5 Å². The molecule has 86 valence electrons. The Morgan fingerprint density at radius 1 is 1.31 bits per heavy atom. The minimum atomic E-state index is 0.0781. The SMILES string of the molecule is O=C1CC(NCc2ccc(CO)cc2)CN1. The van der Waals surface area contributed by atoms with E-state index in [1.807, 2.05) is 24.3 Å². The fourth-order valence-electron chi connectivity index (χ4n) is 1.77. The molecule has 1 aliphatic heterocycles. The van der Waals surface area contributed by atoms with Crippen LogP contribution in [0, 0.1) is 0 Å². The van der Waals surface area contributed by atoms with Gasteiger partial charge in [0.15, 0.2) is 0 Å². The van der Waals surface area contributed by atoms with Crippen LogP contribution < -0.4 is 10.6 Å². The van der Waals surface area contributed by atoms with E-state index in [-0.39, 0.29) is 18.6 Å². The zero-order valence-electron chi connectivity index (χ0n) is 9.07. The second-order valence-electron chi connectivity index (χ2n) is 4.06. The number of aliphatic hydroxyl groups is 1. The van der Waals surface area contributed by atoms with E-state index in [4.69, 9.17) is 5.11 Å². The molecule has 1 heterocycles. The van der Waals surface area contributed by atoms with Crippen LogP contribution in [0.2, 0.25) is 0 Å². The summed E-state index contributed by atoms with van der Waals surface area (Å²) in [5.41, 5.74) is 2.08. The zero-order chi connectivity index (χ0) is 11.4. The Morgan fingerprint density at radius 3 is 2.56 bits per heavy atom. The van der Waals surface area contributed by atoms with Crippen LogP contribution in [-0.4, -0.2) is 23.6 Å². The number of hydrogen-bond acceptors (Lipinski definition) is 3. The molecule has 1 fully saturated rings. The van der Waals surface area contributed by atoms with E-state index in [2.05, 4.69) is 10.6 Å². The van der Waals surface area contributed by atoms with Crippen LogP contribution in [0.4, 0.5) is 0 Å². The molecule has 0 saturated carbocycles. The fraction of sp³-hybridized carbons (Fsp3) is 0.417. The molecular weight excluding hydrogens is 204 g/mol. The van der Waals surface area contributed by atoms with E-state index in [0.29, 0.717) is 13.0 Å². The summed E-state index contributed by atoms with van der Waals surface area (Å²) in [6.07, 6.45) is 0.564. The third kappa shape index (κ3) is 2.81. The number of rotatable bonds is 4. The van der Waals surface area contributed by atoms with Crippen molar-refractivity contribution in [1.82, 2.24) is 10.6 Å². The summed E-state index contributed by atoms with van der Waals surface area (Å²) in [4.78, 5) is 11.0.